The molecule has 0 aliphatic carbocycles. The third kappa shape index (κ3) is 9.14. The molecule has 0 saturated carbocycles. The summed E-state index contributed by atoms with van der Waals surface area (Å²) in [6.07, 6.45) is 0. The molecule has 0 aliphatic heterocycles. The maximum atomic E-state index is 12.3. The minimum absolute atomic E-state index is 0. The second-order valence-electron chi connectivity index (χ2n) is 6.98. The Morgan fingerprint density at radius 3 is 2.62 bits per heavy atom. The van der Waals surface area contributed by atoms with Crippen molar-refractivity contribution in [2.45, 2.75) is 19.4 Å². The van der Waals surface area contributed by atoms with Gasteiger partial charge in [-0.1, -0.05) is 25.1 Å². The molecule has 0 aliphatic rings. The van der Waals surface area contributed by atoms with Crippen LogP contribution < -0.4 is 16.0 Å². The normalized spacial score (nSPS) is 12.2. The number of nitrogens with zero attached hydrogens (tertiary/aromatic N) is 2. The second kappa shape index (κ2) is 13.6. The first-order valence-corrected chi connectivity index (χ1v) is 10.4. The van der Waals surface area contributed by atoms with Gasteiger partial charge in [-0.3, -0.25) is 9.79 Å². The van der Waals surface area contributed by atoms with Crippen LogP contribution in [0.15, 0.2) is 46.8 Å². The van der Waals surface area contributed by atoms with Gasteiger partial charge < -0.3 is 20.9 Å². The number of aliphatic imine (C=N–C) groups is 1. The van der Waals surface area contributed by atoms with Gasteiger partial charge in [0.15, 0.2) is 5.96 Å². The van der Waals surface area contributed by atoms with Crippen molar-refractivity contribution in [3.63, 3.8) is 0 Å². The van der Waals surface area contributed by atoms with Gasteiger partial charge in [0, 0.05) is 49.6 Å². The quantitative estimate of drug-likeness (QED) is 0.265. The fourth-order valence-electron chi connectivity index (χ4n) is 2.65. The van der Waals surface area contributed by atoms with Gasteiger partial charge in [0.1, 0.15) is 0 Å². The lowest BCUT2D eigenvalue weighted by molar-refractivity contribution is 0.0951. The Bertz CT molecular complexity index is 764. The fourth-order valence-corrected chi connectivity index (χ4v) is 3.43. The lowest BCUT2D eigenvalue weighted by Crippen LogP contribution is -2.38. The van der Waals surface area contributed by atoms with Crippen LogP contribution in [0.25, 0.3) is 0 Å². The van der Waals surface area contributed by atoms with Crippen molar-refractivity contribution in [1.29, 1.82) is 0 Å². The minimum atomic E-state index is -0.0454. The number of carbonyl (C=O) groups is 1. The number of hydrogen-bond acceptors (Lipinski definition) is 4. The number of hydrogen-bond donors (Lipinski definition) is 3. The van der Waals surface area contributed by atoms with Gasteiger partial charge >= 0.3 is 0 Å². The van der Waals surface area contributed by atoms with E-state index in [0.717, 1.165) is 24.6 Å². The van der Waals surface area contributed by atoms with Crippen LogP contribution in [0, 0.1) is 0 Å². The highest BCUT2D eigenvalue weighted by atomic mass is 127. The van der Waals surface area contributed by atoms with E-state index in [1.54, 1.807) is 18.4 Å². The fraction of sp³-hybridized carbons (Fsp3) is 0.429. The molecule has 2 aromatic rings. The highest BCUT2D eigenvalue weighted by Gasteiger charge is 2.09. The van der Waals surface area contributed by atoms with Crippen LogP contribution in [0.4, 0.5) is 0 Å². The third-order valence-corrected chi connectivity index (χ3v) is 5.43. The lowest BCUT2D eigenvalue weighted by atomic mass is 10.1. The van der Waals surface area contributed by atoms with Crippen molar-refractivity contribution in [2.75, 3.05) is 40.8 Å². The topological polar surface area (TPSA) is 68.8 Å². The maximum absolute atomic E-state index is 12.3. The average Bonchev–Trinajstić information content (AvgIpc) is 3.22. The summed E-state index contributed by atoms with van der Waals surface area (Å²) in [5.74, 6) is 1.13. The van der Waals surface area contributed by atoms with E-state index in [9.17, 15) is 4.79 Å². The van der Waals surface area contributed by atoms with Crippen molar-refractivity contribution in [2.24, 2.45) is 4.99 Å². The Morgan fingerprint density at radius 2 is 1.97 bits per heavy atom. The van der Waals surface area contributed by atoms with Gasteiger partial charge in [-0.2, -0.15) is 0 Å². The summed E-state index contributed by atoms with van der Waals surface area (Å²) in [6.45, 7) is 5.07. The predicted molar refractivity (Wildman–Crippen MR) is 134 cm³/mol. The zero-order chi connectivity index (χ0) is 20.4. The summed E-state index contributed by atoms with van der Waals surface area (Å²) in [7, 11) is 5.74. The first-order valence-electron chi connectivity index (χ1n) is 9.49. The highest BCUT2D eigenvalue weighted by Crippen LogP contribution is 2.19. The summed E-state index contributed by atoms with van der Waals surface area (Å²) >= 11 is 1.77. The molecule has 1 amide bonds. The number of thiophene rings is 1. The Kier molecular flexibility index (Phi) is 11.9. The molecule has 0 fully saturated rings. The number of carbonyl (C=O) groups excluding carboxylic acids is 1. The first-order chi connectivity index (χ1) is 13.5. The van der Waals surface area contributed by atoms with E-state index in [4.69, 9.17) is 0 Å². The van der Waals surface area contributed by atoms with Crippen LogP contribution in [0.1, 0.15) is 33.6 Å². The molecular formula is C21H32IN5OS. The van der Waals surface area contributed by atoms with E-state index in [0.29, 0.717) is 24.6 Å². The number of benzene rings is 1. The molecule has 6 nitrogen and oxygen atoms in total. The van der Waals surface area contributed by atoms with Crippen LogP contribution in [0.3, 0.4) is 0 Å². The van der Waals surface area contributed by atoms with Crippen LogP contribution in [0.2, 0.25) is 0 Å². The van der Waals surface area contributed by atoms with Crippen molar-refractivity contribution >= 4 is 47.2 Å². The van der Waals surface area contributed by atoms with Crippen molar-refractivity contribution in [3.05, 3.63) is 57.8 Å². The zero-order valence-corrected chi connectivity index (χ0v) is 20.7. The van der Waals surface area contributed by atoms with Gasteiger partial charge in [0.25, 0.3) is 5.91 Å². The molecular weight excluding hydrogens is 497 g/mol. The number of amides is 1. The molecule has 1 aromatic carbocycles. The Balaban J connectivity index is 0.00000420. The summed E-state index contributed by atoms with van der Waals surface area (Å²) in [5, 5.41) is 11.7. The molecule has 1 atom stereocenters. The summed E-state index contributed by atoms with van der Waals surface area (Å²) in [4.78, 5) is 20.0. The predicted octanol–water partition coefficient (Wildman–Crippen LogP) is 3.13. The standard InChI is InChI=1S/C21H31N5OS.HI/c1-16(19-9-6-12-28-19)14-24-21(22-2)25-15-17-7-5-8-18(13-17)20(27)23-10-11-26(3)4;/h5-9,12-13,16H,10-11,14-15H2,1-4H3,(H,23,27)(H2,22,24,25);1H. The second-order valence-corrected chi connectivity index (χ2v) is 7.96. The molecule has 1 unspecified atom stereocenters. The molecule has 8 heteroatoms. The van der Waals surface area contributed by atoms with Gasteiger partial charge in [0.05, 0.1) is 0 Å². The van der Waals surface area contributed by atoms with Crippen molar-refractivity contribution in [1.82, 2.24) is 20.9 Å². The molecule has 1 heterocycles. The zero-order valence-electron chi connectivity index (χ0n) is 17.6. The Morgan fingerprint density at radius 1 is 1.17 bits per heavy atom. The number of rotatable bonds is 9. The van der Waals surface area contributed by atoms with Crippen LogP contribution >= 0.6 is 35.3 Å². The van der Waals surface area contributed by atoms with Gasteiger partial charge in [-0.05, 0) is 43.2 Å². The molecule has 2 rings (SSSR count). The van der Waals surface area contributed by atoms with Crippen LogP contribution in [-0.2, 0) is 6.54 Å². The Labute approximate surface area is 195 Å². The van der Waals surface area contributed by atoms with Crippen LogP contribution in [-0.4, -0.2) is 57.5 Å². The number of nitrogens with one attached hydrogen (secondary N) is 3. The van der Waals surface area contributed by atoms with Gasteiger partial charge in [0.2, 0.25) is 0 Å². The van der Waals surface area contributed by atoms with E-state index < -0.39 is 0 Å². The van der Waals surface area contributed by atoms with E-state index in [-0.39, 0.29) is 29.9 Å². The molecule has 3 N–H and O–H groups in total. The number of likely N-dealkylation sites (N-methyl/N-ethyl adjacent to an activating group) is 1. The monoisotopic (exact) mass is 529 g/mol. The average molecular weight is 529 g/mol. The van der Waals surface area contributed by atoms with Gasteiger partial charge in [-0.25, -0.2) is 0 Å². The molecule has 0 saturated heterocycles. The third-order valence-electron chi connectivity index (χ3n) is 4.32. The number of halogens is 1. The van der Waals surface area contributed by atoms with Crippen molar-refractivity contribution in [3.8, 4) is 0 Å². The largest absolute Gasteiger partial charge is 0.356 e. The summed E-state index contributed by atoms with van der Waals surface area (Å²) in [6, 6.07) is 11.9. The molecule has 29 heavy (non-hydrogen) atoms. The van der Waals surface area contributed by atoms with E-state index in [2.05, 4.69) is 45.4 Å². The minimum Gasteiger partial charge on any atom is -0.356 e. The Hall–Kier alpha value is -1.65. The van der Waals surface area contributed by atoms with E-state index >= 15 is 0 Å². The molecule has 1 aromatic heterocycles. The maximum Gasteiger partial charge on any atom is 0.251 e. The molecule has 160 valence electrons. The van der Waals surface area contributed by atoms with Crippen LogP contribution in [0.5, 0.6) is 0 Å². The molecule has 0 spiro atoms. The first kappa shape index (κ1) is 25.4. The van der Waals surface area contributed by atoms with Gasteiger partial charge in [-0.15, -0.1) is 35.3 Å². The van der Waals surface area contributed by atoms with E-state index in [1.807, 2.05) is 43.3 Å². The highest BCUT2D eigenvalue weighted by molar-refractivity contribution is 14.0. The molecule has 0 bridgehead atoms. The smallest absolute Gasteiger partial charge is 0.251 e. The van der Waals surface area contributed by atoms with Crippen molar-refractivity contribution < 1.29 is 4.79 Å². The summed E-state index contributed by atoms with van der Waals surface area (Å²) in [5.41, 5.74) is 1.71. The lowest BCUT2D eigenvalue weighted by Gasteiger charge is -2.15. The molecule has 0 radical (unpaired) electrons. The van der Waals surface area contributed by atoms with E-state index in [1.165, 1.54) is 4.88 Å². The number of guanidine groups is 1. The SMILES string of the molecule is CN=C(NCc1cccc(C(=O)NCCN(C)C)c1)NCC(C)c1cccs1.I. The summed E-state index contributed by atoms with van der Waals surface area (Å²) < 4.78 is 0.